The van der Waals surface area contributed by atoms with Gasteiger partial charge in [-0.1, -0.05) is 13.0 Å². The summed E-state index contributed by atoms with van der Waals surface area (Å²) in [5, 5.41) is 0. The highest BCUT2D eigenvalue weighted by Crippen LogP contribution is 2.10. The molecule has 3 heterocycles. The summed E-state index contributed by atoms with van der Waals surface area (Å²) in [5.41, 5.74) is 1.64. The van der Waals surface area contributed by atoms with Crippen LogP contribution in [0, 0.1) is 0 Å². The largest absolute Gasteiger partial charge is 0.337 e. The number of aryl methyl sites for hydroxylation is 1. The Morgan fingerprint density at radius 1 is 1.08 bits per heavy atom. The molecular formula is C18H23N5O. The van der Waals surface area contributed by atoms with Gasteiger partial charge in [-0.05, 0) is 18.6 Å². The molecule has 6 heteroatoms. The second kappa shape index (κ2) is 7.97. The van der Waals surface area contributed by atoms with Gasteiger partial charge in [0.25, 0.3) is 5.91 Å². The molecule has 0 aliphatic carbocycles. The van der Waals surface area contributed by atoms with Crippen molar-refractivity contribution in [2.45, 2.75) is 26.3 Å². The van der Waals surface area contributed by atoms with Crippen LogP contribution in [0.2, 0.25) is 0 Å². The molecule has 1 aliphatic rings. The highest BCUT2D eigenvalue weighted by atomic mass is 16.2. The van der Waals surface area contributed by atoms with Gasteiger partial charge in [-0.15, -0.1) is 0 Å². The number of amides is 1. The summed E-state index contributed by atoms with van der Waals surface area (Å²) in [5.74, 6) is 0.793. The predicted molar refractivity (Wildman–Crippen MR) is 91.4 cm³/mol. The van der Waals surface area contributed by atoms with Crippen LogP contribution in [0.1, 0.15) is 35.2 Å². The van der Waals surface area contributed by atoms with Crippen LogP contribution in [0.25, 0.3) is 0 Å². The fourth-order valence-corrected chi connectivity index (χ4v) is 2.88. The van der Waals surface area contributed by atoms with E-state index in [1.165, 1.54) is 0 Å². The summed E-state index contributed by atoms with van der Waals surface area (Å²) >= 11 is 0. The van der Waals surface area contributed by atoms with Crippen molar-refractivity contribution in [3.05, 3.63) is 53.9 Å². The number of nitrogens with zero attached hydrogens (tertiary/aromatic N) is 5. The molecular weight excluding hydrogens is 302 g/mol. The summed E-state index contributed by atoms with van der Waals surface area (Å²) in [6.07, 6.45) is 6.85. The first kappa shape index (κ1) is 16.5. The Balaban J connectivity index is 1.59. The molecule has 0 N–H and O–H groups in total. The third kappa shape index (κ3) is 4.14. The highest BCUT2D eigenvalue weighted by Gasteiger charge is 2.21. The maximum absolute atomic E-state index is 12.6. The number of hydrogen-bond acceptors (Lipinski definition) is 5. The standard InChI is InChI=1S/C18H23N5O/c1-2-17-20-12-15(13-21-17)18(24)23-9-5-8-22(10-11-23)14-16-6-3-4-7-19-16/h3-4,6-7,12-13H,2,5,8-11,14H2,1H3. The Kier molecular flexibility index (Phi) is 5.48. The van der Waals surface area contributed by atoms with Crippen LogP contribution in [0.15, 0.2) is 36.8 Å². The molecule has 2 aromatic rings. The molecule has 2 aromatic heterocycles. The average molecular weight is 325 g/mol. The molecule has 0 bridgehead atoms. The molecule has 3 rings (SSSR count). The smallest absolute Gasteiger partial charge is 0.257 e. The van der Waals surface area contributed by atoms with E-state index in [4.69, 9.17) is 0 Å². The third-order valence-corrected chi connectivity index (χ3v) is 4.26. The zero-order valence-corrected chi connectivity index (χ0v) is 14.1. The van der Waals surface area contributed by atoms with Crippen LogP contribution in [0.4, 0.5) is 0 Å². The van der Waals surface area contributed by atoms with E-state index in [0.717, 1.165) is 57.1 Å². The summed E-state index contributed by atoms with van der Waals surface area (Å²) in [6.45, 7) is 6.16. The van der Waals surface area contributed by atoms with Crippen molar-refractivity contribution in [1.82, 2.24) is 24.8 Å². The lowest BCUT2D eigenvalue weighted by molar-refractivity contribution is 0.0760. The van der Waals surface area contributed by atoms with Gasteiger partial charge in [-0.3, -0.25) is 14.7 Å². The zero-order valence-electron chi connectivity index (χ0n) is 14.1. The summed E-state index contributed by atoms with van der Waals surface area (Å²) in [6, 6.07) is 5.98. The number of pyridine rings is 1. The van der Waals surface area contributed by atoms with E-state index in [1.54, 1.807) is 12.4 Å². The Morgan fingerprint density at radius 2 is 1.92 bits per heavy atom. The van der Waals surface area contributed by atoms with Gasteiger partial charge in [0.15, 0.2) is 0 Å². The summed E-state index contributed by atoms with van der Waals surface area (Å²) < 4.78 is 0. The Hall–Kier alpha value is -2.34. The van der Waals surface area contributed by atoms with E-state index in [1.807, 2.05) is 36.2 Å². The van der Waals surface area contributed by atoms with Crippen molar-refractivity contribution < 1.29 is 4.79 Å². The van der Waals surface area contributed by atoms with Crippen molar-refractivity contribution in [3.63, 3.8) is 0 Å². The lowest BCUT2D eigenvalue weighted by Crippen LogP contribution is -2.35. The SMILES string of the molecule is CCc1ncc(C(=O)N2CCCN(Cc3ccccn3)CC2)cn1. The van der Waals surface area contributed by atoms with Gasteiger partial charge >= 0.3 is 0 Å². The number of carbonyl (C=O) groups is 1. The number of hydrogen-bond donors (Lipinski definition) is 0. The Bertz CT molecular complexity index is 659. The van der Waals surface area contributed by atoms with Crippen LogP contribution < -0.4 is 0 Å². The molecule has 1 saturated heterocycles. The van der Waals surface area contributed by atoms with Crippen LogP contribution >= 0.6 is 0 Å². The lowest BCUT2D eigenvalue weighted by Gasteiger charge is -2.21. The molecule has 0 saturated carbocycles. The molecule has 0 aromatic carbocycles. The molecule has 6 nitrogen and oxygen atoms in total. The molecule has 1 fully saturated rings. The molecule has 1 amide bonds. The van der Waals surface area contributed by atoms with Gasteiger partial charge in [0, 0.05) is 57.7 Å². The maximum atomic E-state index is 12.6. The molecule has 0 unspecified atom stereocenters. The topological polar surface area (TPSA) is 62.2 Å². The Morgan fingerprint density at radius 3 is 2.62 bits per heavy atom. The Labute approximate surface area is 142 Å². The number of aromatic nitrogens is 3. The molecule has 0 spiro atoms. The van der Waals surface area contributed by atoms with Crippen molar-refractivity contribution >= 4 is 5.91 Å². The zero-order chi connectivity index (χ0) is 16.8. The van der Waals surface area contributed by atoms with E-state index >= 15 is 0 Å². The van der Waals surface area contributed by atoms with Gasteiger partial charge in [0.1, 0.15) is 5.82 Å². The van der Waals surface area contributed by atoms with Crippen LogP contribution in [0.3, 0.4) is 0 Å². The van der Waals surface area contributed by atoms with Gasteiger partial charge < -0.3 is 4.90 Å². The first-order chi connectivity index (χ1) is 11.8. The fourth-order valence-electron chi connectivity index (χ4n) is 2.88. The summed E-state index contributed by atoms with van der Waals surface area (Å²) in [7, 11) is 0. The summed E-state index contributed by atoms with van der Waals surface area (Å²) in [4.78, 5) is 29.7. The van der Waals surface area contributed by atoms with Crippen LogP contribution in [0.5, 0.6) is 0 Å². The van der Waals surface area contributed by atoms with E-state index in [9.17, 15) is 4.79 Å². The van der Waals surface area contributed by atoms with Crippen molar-refractivity contribution in [1.29, 1.82) is 0 Å². The van der Waals surface area contributed by atoms with Crippen molar-refractivity contribution in [3.8, 4) is 0 Å². The van der Waals surface area contributed by atoms with Gasteiger partial charge in [-0.25, -0.2) is 9.97 Å². The predicted octanol–water partition coefficient (Wildman–Crippen LogP) is 1.78. The lowest BCUT2D eigenvalue weighted by atomic mass is 10.2. The van der Waals surface area contributed by atoms with Gasteiger partial charge in [0.2, 0.25) is 0 Å². The van der Waals surface area contributed by atoms with Gasteiger partial charge in [-0.2, -0.15) is 0 Å². The molecule has 126 valence electrons. The number of rotatable bonds is 4. The highest BCUT2D eigenvalue weighted by molar-refractivity contribution is 5.93. The average Bonchev–Trinajstić information content (AvgIpc) is 2.88. The normalized spacial score (nSPS) is 16.0. The third-order valence-electron chi connectivity index (χ3n) is 4.26. The monoisotopic (exact) mass is 325 g/mol. The van der Waals surface area contributed by atoms with Crippen molar-refractivity contribution in [2.24, 2.45) is 0 Å². The van der Waals surface area contributed by atoms with Crippen LogP contribution in [-0.4, -0.2) is 56.8 Å². The maximum Gasteiger partial charge on any atom is 0.257 e. The molecule has 0 radical (unpaired) electrons. The quantitative estimate of drug-likeness (QED) is 0.857. The van der Waals surface area contributed by atoms with Crippen molar-refractivity contribution in [2.75, 3.05) is 26.2 Å². The molecule has 1 aliphatic heterocycles. The minimum atomic E-state index is 0.0253. The first-order valence-corrected chi connectivity index (χ1v) is 8.48. The minimum absolute atomic E-state index is 0.0253. The van der Waals surface area contributed by atoms with E-state index in [0.29, 0.717) is 5.56 Å². The second-order valence-electron chi connectivity index (χ2n) is 5.98. The van der Waals surface area contributed by atoms with Gasteiger partial charge in [0.05, 0.1) is 11.3 Å². The second-order valence-corrected chi connectivity index (χ2v) is 5.98. The molecule has 0 atom stereocenters. The van der Waals surface area contributed by atoms with E-state index in [-0.39, 0.29) is 5.91 Å². The number of carbonyl (C=O) groups excluding carboxylic acids is 1. The minimum Gasteiger partial charge on any atom is -0.337 e. The van der Waals surface area contributed by atoms with Crippen LogP contribution in [-0.2, 0) is 13.0 Å². The van der Waals surface area contributed by atoms with E-state index < -0.39 is 0 Å². The fraction of sp³-hybridized carbons (Fsp3) is 0.444. The molecule has 24 heavy (non-hydrogen) atoms. The first-order valence-electron chi connectivity index (χ1n) is 8.48. The van der Waals surface area contributed by atoms with E-state index in [2.05, 4.69) is 19.9 Å².